The van der Waals surface area contributed by atoms with Gasteiger partial charge in [0.25, 0.3) is 5.91 Å². The number of aryl methyl sites for hydroxylation is 1. The maximum atomic E-state index is 13.0. The third-order valence-electron chi connectivity index (χ3n) is 3.76. The van der Waals surface area contributed by atoms with Crippen LogP contribution in [-0.4, -0.2) is 38.0 Å². The summed E-state index contributed by atoms with van der Waals surface area (Å²) in [6.07, 6.45) is 5.43. The zero-order valence-corrected chi connectivity index (χ0v) is 14.8. The van der Waals surface area contributed by atoms with Crippen molar-refractivity contribution in [2.75, 3.05) is 31.4 Å². The van der Waals surface area contributed by atoms with Crippen molar-refractivity contribution in [3.05, 3.63) is 59.2 Å². The molecular weight excluding hydrogens is 314 g/mol. The molecule has 0 radical (unpaired) electrons. The molecule has 0 saturated carbocycles. The van der Waals surface area contributed by atoms with Crippen LogP contribution in [0.15, 0.2) is 42.5 Å². The minimum absolute atomic E-state index is 0.230. The second kappa shape index (κ2) is 7.54. The summed E-state index contributed by atoms with van der Waals surface area (Å²) in [6.45, 7) is 1.90. The van der Waals surface area contributed by atoms with E-state index in [4.69, 9.17) is 6.42 Å². The van der Waals surface area contributed by atoms with Gasteiger partial charge in [-0.25, -0.2) is 4.79 Å². The van der Waals surface area contributed by atoms with Crippen LogP contribution in [0, 0.1) is 19.3 Å². The Morgan fingerprint density at radius 3 is 2.44 bits per heavy atom. The highest BCUT2D eigenvalue weighted by Gasteiger charge is 2.19. The molecular formula is C20H21N3O2. The van der Waals surface area contributed by atoms with Crippen LogP contribution in [0.4, 0.5) is 16.2 Å². The summed E-state index contributed by atoms with van der Waals surface area (Å²) in [4.78, 5) is 27.9. The highest BCUT2D eigenvalue weighted by molar-refractivity contribution is 6.11. The monoisotopic (exact) mass is 335 g/mol. The number of urea groups is 1. The summed E-state index contributed by atoms with van der Waals surface area (Å²) in [5.41, 5.74) is 3.20. The van der Waals surface area contributed by atoms with E-state index in [-0.39, 0.29) is 11.9 Å². The average molecular weight is 335 g/mol. The Labute approximate surface area is 148 Å². The van der Waals surface area contributed by atoms with Gasteiger partial charge >= 0.3 is 6.03 Å². The molecule has 0 aliphatic carbocycles. The lowest BCUT2D eigenvalue weighted by atomic mass is 10.1. The molecule has 5 nitrogen and oxygen atoms in total. The number of carbonyl (C=O) groups excluding carboxylic acids is 2. The first-order valence-corrected chi connectivity index (χ1v) is 7.77. The van der Waals surface area contributed by atoms with Crippen LogP contribution < -0.4 is 10.2 Å². The molecule has 0 heterocycles. The molecule has 2 aromatic rings. The zero-order chi connectivity index (χ0) is 18.6. The molecule has 2 rings (SSSR count). The van der Waals surface area contributed by atoms with Gasteiger partial charge < -0.3 is 15.1 Å². The number of nitrogens with zero attached hydrogens (tertiary/aromatic N) is 2. The van der Waals surface area contributed by atoms with Gasteiger partial charge in [-0.3, -0.25) is 4.79 Å². The summed E-state index contributed by atoms with van der Waals surface area (Å²) in [5, 5.41) is 2.75. The van der Waals surface area contributed by atoms with E-state index in [1.54, 1.807) is 51.5 Å². The molecule has 3 amide bonds. The maximum absolute atomic E-state index is 13.0. The quantitative estimate of drug-likeness (QED) is 0.875. The molecule has 0 unspecified atom stereocenters. The van der Waals surface area contributed by atoms with Gasteiger partial charge in [0.05, 0.1) is 11.3 Å². The van der Waals surface area contributed by atoms with E-state index in [0.29, 0.717) is 22.5 Å². The molecule has 0 atom stereocenters. The minimum atomic E-state index is -0.296. The molecule has 0 aliphatic heterocycles. The largest absolute Gasteiger partial charge is 0.331 e. The predicted molar refractivity (Wildman–Crippen MR) is 101 cm³/mol. The Balaban J connectivity index is 2.39. The van der Waals surface area contributed by atoms with Crippen LogP contribution >= 0.6 is 0 Å². The van der Waals surface area contributed by atoms with E-state index >= 15 is 0 Å². The number of anilines is 2. The molecule has 0 aromatic heterocycles. The number of nitrogens with one attached hydrogen (secondary N) is 1. The van der Waals surface area contributed by atoms with Crippen LogP contribution in [0.1, 0.15) is 21.5 Å². The highest BCUT2D eigenvalue weighted by atomic mass is 16.2. The molecule has 0 fully saturated rings. The second-order valence-electron chi connectivity index (χ2n) is 5.93. The fourth-order valence-corrected chi connectivity index (χ4v) is 2.27. The fraction of sp³-hybridized carbons (Fsp3) is 0.200. The molecule has 5 heteroatoms. The molecule has 1 N–H and O–H groups in total. The van der Waals surface area contributed by atoms with E-state index in [9.17, 15) is 9.59 Å². The van der Waals surface area contributed by atoms with Crippen LogP contribution in [0.3, 0.4) is 0 Å². The van der Waals surface area contributed by atoms with E-state index in [2.05, 4.69) is 11.2 Å². The Morgan fingerprint density at radius 1 is 1.08 bits per heavy atom. The lowest BCUT2D eigenvalue weighted by Gasteiger charge is -2.21. The van der Waals surface area contributed by atoms with E-state index in [0.717, 1.165) is 5.56 Å². The van der Waals surface area contributed by atoms with Gasteiger partial charge in [0, 0.05) is 32.4 Å². The summed E-state index contributed by atoms with van der Waals surface area (Å²) < 4.78 is 0. The third kappa shape index (κ3) is 4.18. The van der Waals surface area contributed by atoms with E-state index in [1.165, 1.54) is 9.80 Å². The van der Waals surface area contributed by atoms with Gasteiger partial charge in [-0.1, -0.05) is 23.6 Å². The van der Waals surface area contributed by atoms with Gasteiger partial charge in [-0.2, -0.15) is 0 Å². The van der Waals surface area contributed by atoms with Gasteiger partial charge in [0.15, 0.2) is 0 Å². The van der Waals surface area contributed by atoms with Gasteiger partial charge in [0.1, 0.15) is 0 Å². The number of hydrogen-bond acceptors (Lipinski definition) is 2. The number of terminal acetylenes is 1. The van der Waals surface area contributed by atoms with Gasteiger partial charge in [-0.15, -0.1) is 6.42 Å². The Morgan fingerprint density at radius 2 is 1.80 bits per heavy atom. The van der Waals surface area contributed by atoms with Crippen molar-refractivity contribution < 1.29 is 9.59 Å². The van der Waals surface area contributed by atoms with Crippen molar-refractivity contribution in [1.82, 2.24) is 4.90 Å². The van der Waals surface area contributed by atoms with Crippen molar-refractivity contribution in [1.29, 1.82) is 0 Å². The number of carbonyl (C=O) groups is 2. The predicted octanol–water partition coefficient (Wildman–Crippen LogP) is 3.35. The van der Waals surface area contributed by atoms with Crippen LogP contribution in [0.25, 0.3) is 0 Å². The molecule has 128 valence electrons. The number of rotatable bonds is 3. The van der Waals surface area contributed by atoms with Crippen molar-refractivity contribution in [2.24, 2.45) is 0 Å². The Hall–Kier alpha value is -3.26. The molecule has 0 aliphatic rings. The first kappa shape index (κ1) is 18.1. The standard InChI is InChI=1S/C20H21N3O2/c1-6-15-8-7-9-16(13-15)23(5)19(24)17-12-14(2)10-11-18(17)21-20(25)22(3)4/h1,7-13H,2-5H3,(H,21,25). The zero-order valence-electron chi connectivity index (χ0n) is 14.8. The van der Waals surface area contributed by atoms with E-state index in [1.807, 2.05) is 19.1 Å². The van der Waals surface area contributed by atoms with Crippen molar-refractivity contribution in [3.63, 3.8) is 0 Å². The number of benzene rings is 2. The molecule has 0 spiro atoms. The van der Waals surface area contributed by atoms with Crippen molar-refractivity contribution in [3.8, 4) is 12.3 Å². The Bertz CT molecular complexity index is 850. The minimum Gasteiger partial charge on any atom is -0.331 e. The van der Waals surface area contributed by atoms with Crippen LogP contribution in [0.2, 0.25) is 0 Å². The highest BCUT2D eigenvalue weighted by Crippen LogP contribution is 2.23. The lowest BCUT2D eigenvalue weighted by Crippen LogP contribution is -2.31. The first-order valence-electron chi connectivity index (χ1n) is 7.77. The van der Waals surface area contributed by atoms with Crippen molar-refractivity contribution in [2.45, 2.75) is 6.92 Å². The normalized spacial score (nSPS) is 9.88. The summed E-state index contributed by atoms with van der Waals surface area (Å²) in [5.74, 6) is 2.33. The van der Waals surface area contributed by atoms with Gasteiger partial charge in [-0.05, 0) is 37.3 Å². The molecule has 25 heavy (non-hydrogen) atoms. The van der Waals surface area contributed by atoms with E-state index < -0.39 is 0 Å². The average Bonchev–Trinajstić information content (AvgIpc) is 2.61. The summed E-state index contributed by atoms with van der Waals surface area (Å²) >= 11 is 0. The number of hydrogen-bond donors (Lipinski definition) is 1. The second-order valence-corrected chi connectivity index (χ2v) is 5.93. The SMILES string of the molecule is C#Cc1cccc(N(C)C(=O)c2cc(C)ccc2NC(=O)N(C)C)c1. The first-order chi connectivity index (χ1) is 11.8. The van der Waals surface area contributed by atoms with Gasteiger partial charge in [0.2, 0.25) is 0 Å². The van der Waals surface area contributed by atoms with Crippen molar-refractivity contribution >= 4 is 23.3 Å². The topological polar surface area (TPSA) is 52.7 Å². The summed E-state index contributed by atoms with van der Waals surface area (Å²) in [7, 11) is 4.96. The molecule has 2 aromatic carbocycles. The lowest BCUT2D eigenvalue weighted by molar-refractivity contribution is 0.0993. The van der Waals surface area contributed by atoms with Crippen LogP contribution in [0.5, 0.6) is 0 Å². The molecule has 0 bridgehead atoms. The number of amides is 3. The van der Waals surface area contributed by atoms with Crippen LogP contribution in [-0.2, 0) is 0 Å². The Kier molecular flexibility index (Phi) is 5.45. The molecule has 0 saturated heterocycles. The third-order valence-corrected chi connectivity index (χ3v) is 3.76. The smallest absolute Gasteiger partial charge is 0.321 e. The fourth-order valence-electron chi connectivity index (χ4n) is 2.27. The maximum Gasteiger partial charge on any atom is 0.321 e. The summed E-state index contributed by atoms with van der Waals surface area (Å²) in [6, 6.07) is 12.2.